The lowest BCUT2D eigenvalue weighted by atomic mass is 10.1. The lowest BCUT2D eigenvalue weighted by Gasteiger charge is -2.13. The van der Waals surface area contributed by atoms with E-state index in [0.29, 0.717) is 5.75 Å². The van der Waals surface area contributed by atoms with Crippen molar-refractivity contribution in [1.82, 2.24) is 4.90 Å². The van der Waals surface area contributed by atoms with Crippen LogP contribution in [0, 0.1) is 5.82 Å². The molecule has 0 saturated carbocycles. The van der Waals surface area contributed by atoms with Crippen molar-refractivity contribution in [2.45, 2.75) is 12.8 Å². The average Bonchev–Trinajstić information content (AvgIpc) is 2.44. The third-order valence-electron chi connectivity index (χ3n) is 3.14. The van der Waals surface area contributed by atoms with Crippen LogP contribution in [-0.2, 0) is 6.42 Å². The second-order valence-corrected chi connectivity index (χ2v) is 5.60. The molecule has 0 heterocycles. The van der Waals surface area contributed by atoms with E-state index in [2.05, 4.69) is 19.0 Å². The highest BCUT2D eigenvalue weighted by molar-refractivity contribution is 6.30. The Hall–Kier alpha value is -1.58. The first-order valence-corrected chi connectivity index (χ1v) is 7.29. The van der Waals surface area contributed by atoms with Crippen LogP contribution < -0.4 is 4.74 Å². The zero-order valence-corrected chi connectivity index (χ0v) is 13.0. The number of benzene rings is 2. The fourth-order valence-corrected chi connectivity index (χ4v) is 2.18. The van der Waals surface area contributed by atoms with E-state index in [1.807, 2.05) is 24.3 Å². The van der Waals surface area contributed by atoms with Gasteiger partial charge in [-0.1, -0.05) is 29.8 Å². The minimum atomic E-state index is -0.473. The summed E-state index contributed by atoms with van der Waals surface area (Å²) < 4.78 is 19.2. The summed E-state index contributed by atoms with van der Waals surface area (Å²) in [6.07, 6.45) is 1.97. The van der Waals surface area contributed by atoms with Crippen LogP contribution in [0.15, 0.2) is 42.5 Å². The number of hydrogen-bond donors (Lipinski definition) is 0. The van der Waals surface area contributed by atoms with E-state index in [4.69, 9.17) is 16.3 Å². The molecule has 0 fully saturated rings. The highest BCUT2D eigenvalue weighted by Gasteiger charge is 2.07. The fraction of sp³-hybridized carbons (Fsp3) is 0.294. The van der Waals surface area contributed by atoms with Crippen molar-refractivity contribution < 1.29 is 9.13 Å². The first-order chi connectivity index (χ1) is 10.1. The molecule has 2 aromatic rings. The largest absolute Gasteiger partial charge is 0.457 e. The smallest absolute Gasteiger partial charge is 0.145 e. The van der Waals surface area contributed by atoms with E-state index in [1.54, 1.807) is 6.07 Å². The summed E-state index contributed by atoms with van der Waals surface area (Å²) in [4.78, 5) is 2.15. The molecule has 0 aliphatic rings. The maximum atomic E-state index is 13.5. The third kappa shape index (κ3) is 4.73. The molecular weight excluding hydrogens is 289 g/mol. The normalized spacial score (nSPS) is 10.9. The number of halogens is 2. The van der Waals surface area contributed by atoms with Crippen LogP contribution in [0.25, 0.3) is 0 Å². The first kappa shape index (κ1) is 15.8. The van der Waals surface area contributed by atoms with Crippen LogP contribution in [0.3, 0.4) is 0 Å². The first-order valence-electron chi connectivity index (χ1n) is 6.92. The number of nitrogens with zero attached hydrogens (tertiary/aromatic N) is 1. The predicted molar refractivity (Wildman–Crippen MR) is 84.8 cm³/mol. The Morgan fingerprint density at radius 1 is 1.14 bits per heavy atom. The molecule has 2 rings (SSSR count). The van der Waals surface area contributed by atoms with Crippen molar-refractivity contribution in [3.63, 3.8) is 0 Å². The van der Waals surface area contributed by atoms with Crippen molar-refractivity contribution in [3.05, 3.63) is 58.9 Å². The molecule has 2 nitrogen and oxygen atoms in total. The molecule has 0 unspecified atom stereocenters. The minimum Gasteiger partial charge on any atom is -0.457 e. The van der Waals surface area contributed by atoms with Gasteiger partial charge in [0.1, 0.15) is 17.3 Å². The quantitative estimate of drug-likeness (QED) is 0.762. The van der Waals surface area contributed by atoms with Crippen LogP contribution in [0.5, 0.6) is 11.5 Å². The Balaban J connectivity index is 2.10. The Bertz CT molecular complexity index is 601. The van der Waals surface area contributed by atoms with Gasteiger partial charge in [-0.25, -0.2) is 4.39 Å². The van der Waals surface area contributed by atoms with Gasteiger partial charge in [0.05, 0.1) is 5.02 Å². The van der Waals surface area contributed by atoms with Gasteiger partial charge >= 0.3 is 0 Å². The maximum Gasteiger partial charge on any atom is 0.145 e. The van der Waals surface area contributed by atoms with E-state index < -0.39 is 5.82 Å². The molecule has 2 aromatic carbocycles. The average molecular weight is 308 g/mol. The summed E-state index contributed by atoms with van der Waals surface area (Å²) in [5, 5.41) is 0.0987. The highest BCUT2D eigenvalue weighted by Crippen LogP contribution is 2.28. The fourth-order valence-electron chi connectivity index (χ4n) is 2.06. The number of rotatable bonds is 6. The standard InChI is InChI=1S/C17H19ClFNO/c1-20(2)11-5-7-13-6-3-4-8-17(13)21-14-9-10-15(18)16(19)12-14/h3-4,6,8-10,12H,5,7,11H2,1-2H3. The number of para-hydroxylation sites is 1. The Kier molecular flexibility index (Phi) is 5.59. The van der Waals surface area contributed by atoms with Crippen molar-refractivity contribution in [2.24, 2.45) is 0 Å². The molecular formula is C17H19ClFNO. The molecule has 21 heavy (non-hydrogen) atoms. The molecule has 0 bridgehead atoms. The molecule has 112 valence electrons. The molecule has 0 atom stereocenters. The van der Waals surface area contributed by atoms with E-state index in [0.717, 1.165) is 30.7 Å². The monoisotopic (exact) mass is 307 g/mol. The summed E-state index contributed by atoms with van der Waals surface area (Å²) in [5.41, 5.74) is 1.12. The van der Waals surface area contributed by atoms with Crippen LogP contribution in [0.1, 0.15) is 12.0 Å². The summed E-state index contributed by atoms with van der Waals surface area (Å²) in [7, 11) is 4.11. The lowest BCUT2D eigenvalue weighted by molar-refractivity contribution is 0.398. The van der Waals surface area contributed by atoms with E-state index >= 15 is 0 Å². The molecule has 0 N–H and O–H groups in total. The van der Waals surface area contributed by atoms with Gasteiger partial charge in [-0.05, 0) is 57.2 Å². The minimum absolute atomic E-state index is 0.0987. The van der Waals surface area contributed by atoms with Crippen molar-refractivity contribution in [3.8, 4) is 11.5 Å². The zero-order valence-electron chi connectivity index (χ0n) is 12.3. The molecule has 0 saturated heterocycles. The summed E-state index contributed by atoms with van der Waals surface area (Å²) >= 11 is 5.68. The second kappa shape index (κ2) is 7.43. The van der Waals surface area contributed by atoms with Gasteiger partial charge in [0.15, 0.2) is 0 Å². The van der Waals surface area contributed by atoms with Crippen molar-refractivity contribution in [1.29, 1.82) is 0 Å². The molecule has 0 amide bonds. The Labute approximate surface area is 130 Å². The van der Waals surface area contributed by atoms with Gasteiger partial charge in [0, 0.05) is 6.07 Å². The van der Waals surface area contributed by atoms with Crippen molar-refractivity contribution in [2.75, 3.05) is 20.6 Å². The van der Waals surface area contributed by atoms with Gasteiger partial charge in [-0.3, -0.25) is 0 Å². The second-order valence-electron chi connectivity index (χ2n) is 5.19. The van der Waals surface area contributed by atoms with Crippen LogP contribution >= 0.6 is 11.6 Å². The third-order valence-corrected chi connectivity index (χ3v) is 3.45. The van der Waals surface area contributed by atoms with Gasteiger partial charge in [0.2, 0.25) is 0 Å². The van der Waals surface area contributed by atoms with Crippen LogP contribution in [0.2, 0.25) is 5.02 Å². The van der Waals surface area contributed by atoms with E-state index in [-0.39, 0.29) is 5.02 Å². The lowest BCUT2D eigenvalue weighted by Crippen LogP contribution is -2.13. The number of aryl methyl sites for hydroxylation is 1. The molecule has 0 aliphatic carbocycles. The van der Waals surface area contributed by atoms with E-state index in [1.165, 1.54) is 12.1 Å². The zero-order chi connectivity index (χ0) is 15.2. The van der Waals surface area contributed by atoms with Gasteiger partial charge < -0.3 is 9.64 Å². The van der Waals surface area contributed by atoms with Gasteiger partial charge in [0.25, 0.3) is 0 Å². The maximum absolute atomic E-state index is 13.5. The number of hydrogen-bond acceptors (Lipinski definition) is 2. The SMILES string of the molecule is CN(C)CCCc1ccccc1Oc1ccc(Cl)c(F)c1. The number of ether oxygens (including phenoxy) is 1. The molecule has 0 spiro atoms. The van der Waals surface area contributed by atoms with Gasteiger partial charge in [-0.15, -0.1) is 0 Å². The topological polar surface area (TPSA) is 12.5 Å². The van der Waals surface area contributed by atoms with E-state index in [9.17, 15) is 4.39 Å². The molecule has 0 radical (unpaired) electrons. The van der Waals surface area contributed by atoms with Crippen LogP contribution in [-0.4, -0.2) is 25.5 Å². The summed E-state index contributed by atoms with van der Waals surface area (Å²) in [6.45, 7) is 1.02. The Morgan fingerprint density at radius 3 is 2.62 bits per heavy atom. The van der Waals surface area contributed by atoms with Crippen molar-refractivity contribution >= 4 is 11.6 Å². The predicted octanol–water partition coefficient (Wildman–Crippen LogP) is 4.77. The molecule has 0 aliphatic heterocycles. The Morgan fingerprint density at radius 2 is 1.90 bits per heavy atom. The highest BCUT2D eigenvalue weighted by atomic mass is 35.5. The molecule has 0 aromatic heterocycles. The van der Waals surface area contributed by atoms with Crippen LogP contribution in [0.4, 0.5) is 4.39 Å². The summed E-state index contributed by atoms with van der Waals surface area (Å²) in [6, 6.07) is 12.3. The van der Waals surface area contributed by atoms with Gasteiger partial charge in [-0.2, -0.15) is 0 Å². The summed E-state index contributed by atoms with van der Waals surface area (Å²) in [5.74, 6) is 0.745. The molecule has 4 heteroatoms.